The SMILES string of the molecule is O.[BaH2].[Cu].[Nd]. The van der Waals surface area contributed by atoms with E-state index < -0.39 is 0 Å². The van der Waals surface area contributed by atoms with Crippen molar-refractivity contribution in [1.29, 1.82) is 0 Å². The van der Waals surface area contributed by atoms with Crippen LogP contribution in [0.25, 0.3) is 0 Å². The number of rotatable bonds is 0. The molecule has 2 N–H and O–H groups in total. The predicted octanol–water partition coefficient (Wildman–Crippen LogP) is -1.74. The fourth-order valence-corrected chi connectivity index (χ4v) is 0. The standard InChI is InChI=1S/Ba.Cu.Nd.H2O.2H/h;;;1H2;;. The quantitative estimate of drug-likeness (QED) is 0.457. The molecule has 1 radical (unpaired) electrons. The molecule has 0 aromatic rings. The van der Waals surface area contributed by atoms with Crippen molar-refractivity contribution in [2.45, 2.75) is 0 Å². The van der Waals surface area contributed by atoms with Crippen LogP contribution in [0.5, 0.6) is 0 Å². The van der Waals surface area contributed by atoms with Gasteiger partial charge in [0.2, 0.25) is 0 Å². The molecule has 0 saturated heterocycles. The summed E-state index contributed by atoms with van der Waals surface area (Å²) < 4.78 is 0. The van der Waals surface area contributed by atoms with Gasteiger partial charge in [0.05, 0.1) is 0 Å². The van der Waals surface area contributed by atoms with Crippen LogP contribution in [0.2, 0.25) is 0 Å². The maximum absolute atomic E-state index is 0. The maximum Gasteiger partial charge on any atom is 0 e. The number of hydrogen-bond acceptors (Lipinski definition) is 0. The van der Waals surface area contributed by atoms with Gasteiger partial charge in [-0.05, 0) is 0 Å². The summed E-state index contributed by atoms with van der Waals surface area (Å²) in [6.07, 6.45) is 0. The minimum Gasteiger partial charge on any atom is 0 e. The number of hydrogen-bond donors (Lipinski definition) is 0. The van der Waals surface area contributed by atoms with Gasteiger partial charge in [0.15, 0.2) is 0 Å². The summed E-state index contributed by atoms with van der Waals surface area (Å²) in [4.78, 5) is 0. The fraction of sp³-hybridized carbons (Fsp3) is 0. The van der Waals surface area contributed by atoms with E-state index in [4.69, 9.17) is 0 Å². The van der Waals surface area contributed by atoms with E-state index >= 15 is 0 Å². The average Bonchev–Trinajstić information content (AvgIpc) is 0. The molecule has 0 aliphatic carbocycles. The Bertz CT molecular complexity index is 8.00. The zero-order valence-electron chi connectivity index (χ0n) is 1.30. The first-order valence-electron chi connectivity index (χ1n) is 0. The normalized spacial score (nSPS) is 0. The van der Waals surface area contributed by atoms with E-state index in [2.05, 4.69) is 0 Å². The van der Waals surface area contributed by atoms with Crippen LogP contribution in [0.1, 0.15) is 0 Å². The van der Waals surface area contributed by atoms with Crippen LogP contribution in [-0.4, -0.2) is 54.4 Å². The summed E-state index contributed by atoms with van der Waals surface area (Å²) in [5.41, 5.74) is 0. The van der Waals surface area contributed by atoms with Crippen LogP contribution in [0.4, 0.5) is 0 Å². The third-order valence-electron chi connectivity index (χ3n) is 0. The fourth-order valence-electron chi connectivity index (χ4n) is 0. The molecule has 0 saturated carbocycles. The molecule has 4 heteroatoms. The monoisotopic (exact) mass is 363 g/mol. The molecule has 0 rings (SSSR count). The Morgan fingerprint density at radius 2 is 1.00 bits per heavy atom. The van der Waals surface area contributed by atoms with Crippen LogP contribution in [0.15, 0.2) is 0 Å². The average molecular weight is 365 g/mol. The van der Waals surface area contributed by atoms with Crippen molar-refractivity contribution in [3.8, 4) is 0 Å². The van der Waals surface area contributed by atoms with Gasteiger partial charge in [-0.1, -0.05) is 0 Å². The summed E-state index contributed by atoms with van der Waals surface area (Å²) in [5.74, 6) is 0. The van der Waals surface area contributed by atoms with Gasteiger partial charge < -0.3 is 5.48 Å². The van der Waals surface area contributed by atoms with Crippen molar-refractivity contribution in [3.05, 3.63) is 0 Å². The molecule has 0 aliphatic rings. The van der Waals surface area contributed by atoms with Gasteiger partial charge in [-0.15, -0.1) is 0 Å². The van der Waals surface area contributed by atoms with Crippen LogP contribution in [0.3, 0.4) is 0 Å². The molecule has 0 fully saturated rings. The zero-order chi connectivity index (χ0) is 0. The van der Waals surface area contributed by atoms with Crippen LogP contribution in [-0.2, 0) is 17.1 Å². The molecule has 0 spiro atoms. The molecule has 0 aliphatic heterocycles. The van der Waals surface area contributed by atoms with Gasteiger partial charge in [0.1, 0.15) is 0 Å². The third-order valence-corrected chi connectivity index (χ3v) is 0. The summed E-state index contributed by atoms with van der Waals surface area (Å²) >= 11 is 0. The maximum atomic E-state index is 0. The van der Waals surface area contributed by atoms with Gasteiger partial charge in [-0.3, -0.25) is 0 Å². The van der Waals surface area contributed by atoms with Crippen LogP contribution in [0, 0.1) is 40.8 Å². The molecule has 4 heavy (non-hydrogen) atoms. The van der Waals surface area contributed by atoms with E-state index in [1.165, 1.54) is 0 Å². The first kappa shape index (κ1) is 26.2. The van der Waals surface area contributed by atoms with Crippen molar-refractivity contribution < 1.29 is 63.4 Å². The molecule has 27 valence electrons. The second-order valence-corrected chi connectivity index (χ2v) is 0. The van der Waals surface area contributed by atoms with E-state index in [1.54, 1.807) is 0 Å². The van der Waals surface area contributed by atoms with Crippen LogP contribution < -0.4 is 0 Å². The van der Waals surface area contributed by atoms with Crippen molar-refractivity contribution in [1.82, 2.24) is 0 Å². The molecule has 0 amide bonds. The molecular formula is H4BaCuNdO. The zero-order valence-corrected chi connectivity index (χ0v) is 5.45. The van der Waals surface area contributed by atoms with Gasteiger partial charge >= 0.3 is 48.9 Å². The molecule has 0 aromatic heterocycles. The Balaban J connectivity index is 0. The second kappa shape index (κ2) is 16.1. The van der Waals surface area contributed by atoms with Crippen molar-refractivity contribution in [2.24, 2.45) is 0 Å². The first-order valence-corrected chi connectivity index (χ1v) is 0. The molecule has 0 unspecified atom stereocenters. The minimum atomic E-state index is 0. The Morgan fingerprint density at radius 3 is 1.00 bits per heavy atom. The third kappa shape index (κ3) is 9.04. The van der Waals surface area contributed by atoms with Gasteiger partial charge in [-0.25, -0.2) is 0 Å². The molecular weight excluding hydrogens is 361 g/mol. The topological polar surface area (TPSA) is 31.5 Å². The summed E-state index contributed by atoms with van der Waals surface area (Å²) in [6.45, 7) is 0. The molecule has 0 atom stereocenters. The van der Waals surface area contributed by atoms with E-state index in [-0.39, 0.29) is 112 Å². The molecule has 0 bridgehead atoms. The molecule has 1 nitrogen and oxygen atoms in total. The summed E-state index contributed by atoms with van der Waals surface area (Å²) in [7, 11) is 0. The van der Waals surface area contributed by atoms with Crippen molar-refractivity contribution in [3.63, 3.8) is 0 Å². The summed E-state index contributed by atoms with van der Waals surface area (Å²) in [5, 5.41) is 0. The van der Waals surface area contributed by atoms with Gasteiger partial charge in [-0.2, -0.15) is 0 Å². The summed E-state index contributed by atoms with van der Waals surface area (Å²) in [6, 6.07) is 0. The van der Waals surface area contributed by atoms with E-state index in [0.717, 1.165) is 0 Å². The van der Waals surface area contributed by atoms with E-state index in [0.29, 0.717) is 0 Å². The molecule has 0 aromatic carbocycles. The Hall–Kier alpha value is 3.40. The largest absolute Gasteiger partial charge is 0 e. The second-order valence-electron chi connectivity index (χ2n) is 0. The van der Waals surface area contributed by atoms with E-state index in [1.807, 2.05) is 0 Å². The van der Waals surface area contributed by atoms with E-state index in [9.17, 15) is 0 Å². The predicted molar refractivity (Wildman–Crippen MR) is 12.2 cm³/mol. The van der Waals surface area contributed by atoms with Gasteiger partial charge in [0, 0.05) is 57.9 Å². The minimum absolute atomic E-state index is 0. The Kier molecular flexibility index (Phi) is 106. The first-order chi connectivity index (χ1) is 0. The van der Waals surface area contributed by atoms with Crippen LogP contribution >= 0.6 is 0 Å². The Labute approximate surface area is 109 Å². The molecule has 0 heterocycles. The Morgan fingerprint density at radius 1 is 1.00 bits per heavy atom. The smallest absolute Gasteiger partial charge is 0 e. The van der Waals surface area contributed by atoms with Crippen molar-refractivity contribution in [2.75, 3.05) is 0 Å². The van der Waals surface area contributed by atoms with Crippen molar-refractivity contribution >= 4 is 48.9 Å². The van der Waals surface area contributed by atoms with Gasteiger partial charge in [0.25, 0.3) is 0 Å².